The Balaban J connectivity index is 1.71. The highest BCUT2D eigenvalue weighted by Crippen LogP contribution is 2.36. The predicted molar refractivity (Wildman–Crippen MR) is 141 cm³/mol. The quantitative estimate of drug-likeness (QED) is 0.341. The lowest BCUT2D eigenvalue weighted by Crippen LogP contribution is -2.33. The van der Waals surface area contributed by atoms with Crippen molar-refractivity contribution < 1.29 is 10.0 Å². The van der Waals surface area contributed by atoms with Crippen LogP contribution < -0.4 is 5.46 Å². The summed E-state index contributed by atoms with van der Waals surface area (Å²) in [5.74, 6) is 0. The van der Waals surface area contributed by atoms with E-state index in [2.05, 4.69) is 65.2 Å². The molecule has 0 unspecified atom stereocenters. The Hall–Kier alpha value is -4.12. The number of fused-ring (bicyclic) bond motifs is 3. The summed E-state index contributed by atoms with van der Waals surface area (Å²) < 4.78 is 2.15. The molecule has 0 aliphatic heterocycles. The third-order valence-electron chi connectivity index (χ3n) is 6.44. The molecule has 0 bridgehead atoms. The molecular weight excluding hydrogens is 417 g/mol. The fourth-order valence-corrected chi connectivity index (χ4v) is 4.81. The van der Waals surface area contributed by atoms with Crippen LogP contribution in [-0.2, 0) is 0 Å². The predicted octanol–water partition coefficient (Wildman–Crippen LogP) is 5.80. The molecule has 5 aromatic carbocycles. The maximum Gasteiger partial charge on any atom is 0.490 e. The number of hydrogen-bond donors (Lipinski definition) is 2. The molecule has 1 aromatic heterocycles. The van der Waals surface area contributed by atoms with Crippen molar-refractivity contribution in [3.05, 3.63) is 121 Å². The minimum atomic E-state index is -1.57. The number of hydrogen-bond acceptors (Lipinski definition) is 2. The molecule has 3 nitrogen and oxygen atoms in total. The second-order valence-corrected chi connectivity index (χ2v) is 8.46. The summed E-state index contributed by atoms with van der Waals surface area (Å²) in [5.41, 5.74) is 7.78. The lowest BCUT2D eigenvalue weighted by Gasteiger charge is -2.14. The maximum atomic E-state index is 10.2. The molecule has 0 aliphatic rings. The molecule has 162 valence electrons. The molecule has 1 heterocycles. The van der Waals surface area contributed by atoms with E-state index in [4.69, 9.17) is 0 Å². The molecule has 2 N–H and O–H groups in total. The lowest BCUT2D eigenvalue weighted by molar-refractivity contribution is 0.425. The van der Waals surface area contributed by atoms with E-state index in [1.807, 2.05) is 54.6 Å². The standard InChI is InChI=1S/C30H22BNO2/c33-31(34)27-13-7-8-14-28(27)32-29-19-23(21-9-3-1-4-10-21)15-17-25(29)26-18-16-24(20-30(26)32)22-11-5-2-6-12-22/h1-20,33-34H. The van der Waals surface area contributed by atoms with Gasteiger partial charge in [0.1, 0.15) is 0 Å². The van der Waals surface area contributed by atoms with Crippen molar-refractivity contribution in [1.29, 1.82) is 0 Å². The summed E-state index contributed by atoms with van der Waals surface area (Å²) in [7, 11) is -1.57. The van der Waals surface area contributed by atoms with Gasteiger partial charge in [-0.1, -0.05) is 103 Å². The number of rotatable bonds is 4. The van der Waals surface area contributed by atoms with E-state index in [0.29, 0.717) is 5.46 Å². The summed E-state index contributed by atoms with van der Waals surface area (Å²) >= 11 is 0. The van der Waals surface area contributed by atoms with Gasteiger partial charge in [0, 0.05) is 21.9 Å². The first kappa shape index (κ1) is 20.5. The van der Waals surface area contributed by atoms with Crippen LogP contribution in [0.25, 0.3) is 49.7 Å². The lowest BCUT2D eigenvalue weighted by atomic mass is 9.79. The topological polar surface area (TPSA) is 45.4 Å². The van der Waals surface area contributed by atoms with E-state index < -0.39 is 7.12 Å². The SMILES string of the molecule is OB(O)c1ccccc1-n1c2cc(-c3ccccc3)ccc2c2ccc(-c3ccccc3)cc21. The van der Waals surface area contributed by atoms with Crippen molar-refractivity contribution in [3.8, 4) is 27.9 Å². The second kappa shape index (κ2) is 8.34. The van der Waals surface area contributed by atoms with Crippen molar-refractivity contribution in [2.75, 3.05) is 0 Å². The van der Waals surface area contributed by atoms with Crippen LogP contribution in [0.3, 0.4) is 0 Å². The molecule has 0 saturated carbocycles. The third-order valence-corrected chi connectivity index (χ3v) is 6.44. The van der Waals surface area contributed by atoms with Gasteiger partial charge in [0.15, 0.2) is 0 Å². The first-order valence-electron chi connectivity index (χ1n) is 11.4. The number of nitrogens with zero attached hydrogens (tertiary/aromatic N) is 1. The van der Waals surface area contributed by atoms with Crippen LogP contribution in [-0.4, -0.2) is 21.7 Å². The molecule has 34 heavy (non-hydrogen) atoms. The molecule has 4 heteroatoms. The van der Waals surface area contributed by atoms with E-state index in [1.165, 1.54) is 0 Å². The first-order valence-corrected chi connectivity index (χ1v) is 11.4. The second-order valence-electron chi connectivity index (χ2n) is 8.46. The minimum absolute atomic E-state index is 0.469. The Morgan fingerprint density at radius 3 is 1.44 bits per heavy atom. The molecule has 0 aliphatic carbocycles. The molecular formula is C30H22BNO2. The Morgan fingerprint density at radius 1 is 0.471 bits per heavy atom. The fourth-order valence-electron chi connectivity index (χ4n) is 4.81. The van der Waals surface area contributed by atoms with Crippen LogP contribution in [0.1, 0.15) is 0 Å². The van der Waals surface area contributed by atoms with Crippen molar-refractivity contribution >= 4 is 34.4 Å². The Labute approximate surface area is 198 Å². The van der Waals surface area contributed by atoms with Crippen LogP contribution in [0, 0.1) is 0 Å². The van der Waals surface area contributed by atoms with Gasteiger partial charge in [-0.15, -0.1) is 0 Å². The van der Waals surface area contributed by atoms with Crippen molar-refractivity contribution in [2.24, 2.45) is 0 Å². The normalized spacial score (nSPS) is 11.2. The Morgan fingerprint density at radius 2 is 0.941 bits per heavy atom. The highest BCUT2D eigenvalue weighted by Gasteiger charge is 2.21. The van der Waals surface area contributed by atoms with Gasteiger partial charge < -0.3 is 14.6 Å². The monoisotopic (exact) mass is 439 g/mol. The van der Waals surface area contributed by atoms with Crippen molar-refractivity contribution in [3.63, 3.8) is 0 Å². The summed E-state index contributed by atoms with van der Waals surface area (Å²) in [6, 6.07) is 41.1. The van der Waals surface area contributed by atoms with Gasteiger partial charge in [-0.3, -0.25) is 0 Å². The zero-order chi connectivity index (χ0) is 23.1. The Kier molecular flexibility index (Phi) is 5.03. The van der Waals surface area contributed by atoms with E-state index >= 15 is 0 Å². The van der Waals surface area contributed by atoms with Crippen molar-refractivity contribution in [1.82, 2.24) is 4.57 Å². The van der Waals surface area contributed by atoms with Gasteiger partial charge in [-0.05, 0) is 40.5 Å². The van der Waals surface area contributed by atoms with E-state index in [-0.39, 0.29) is 0 Å². The van der Waals surface area contributed by atoms with E-state index in [1.54, 1.807) is 6.07 Å². The Bertz CT molecular complexity index is 1530. The van der Waals surface area contributed by atoms with Gasteiger partial charge in [0.25, 0.3) is 0 Å². The number of aromatic nitrogens is 1. The van der Waals surface area contributed by atoms with Crippen LogP contribution in [0.5, 0.6) is 0 Å². The van der Waals surface area contributed by atoms with E-state index in [0.717, 1.165) is 49.7 Å². The van der Waals surface area contributed by atoms with E-state index in [9.17, 15) is 10.0 Å². The fraction of sp³-hybridized carbons (Fsp3) is 0. The molecule has 0 saturated heterocycles. The largest absolute Gasteiger partial charge is 0.490 e. The number of benzene rings is 5. The van der Waals surface area contributed by atoms with Crippen LogP contribution >= 0.6 is 0 Å². The van der Waals surface area contributed by atoms with Gasteiger partial charge in [-0.25, -0.2) is 0 Å². The molecule has 0 fully saturated rings. The molecule has 0 amide bonds. The number of para-hydroxylation sites is 1. The molecule has 6 rings (SSSR count). The summed E-state index contributed by atoms with van der Waals surface area (Å²) in [6.45, 7) is 0. The summed E-state index contributed by atoms with van der Waals surface area (Å²) in [4.78, 5) is 0. The average Bonchev–Trinajstić information content (AvgIpc) is 3.22. The van der Waals surface area contributed by atoms with Crippen LogP contribution in [0.15, 0.2) is 121 Å². The van der Waals surface area contributed by atoms with Crippen LogP contribution in [0.4, 0.5) is 0 Å². The zero-order valence-corrected chi connectivity index (χ0v) is 18.5. The molecule has 0 spiro atoms. The van der Waals surface area contributed by atoms with Crippen molar-refractivity contribution in [2.45, 2.75) is 0 Å². The molecule has 6 aromatic rings. The highest BCUT2D eigenvalue weighted by atomic mass is 16.4. The van der Waals surface area contributed by atoms with Gasteiger partial charge in [-0.2, -0.15) is 0 Å². The maximum absolute atomic E-state index is 10.2. The molecule has 0 radical (unpaired) electrons. The summed E-state index contributed by atoms with van der Waals surface area (Å²) in [6.07, 6.45) is 0. The zero-order valence-electron chi connectivity index (χ0n) is 18.5. The first-order chi connectivity index (χ1) is 16.7. The van der Waals surface area contributed by atoms with Crippen LogP contribution in [0.2, 0.25) is 0 Å². The third kappa shape index (κ3) is 3.41. The minimum Gasteiger partial charge on any atom is -0.423 e. The smallest absolute Gasteiger partial charge is 0.423 e. The molecule has 0 atom stereocenters. The average molecular weight is 439 g/mol. The van der Waals surface area contributed by atoms with Gasteiger partial charge in [0.05, 0.1) is 11.0 Å². The van der Waals surface area contributed by atoms with Gasteiger partial charge >= 0.3 is 7.12 Å². The highest BCUT2D eigenvalue weighted by molar-refractivity contribution is 6.60. The van der Waals surface area contributed by atoms with Gasteiger partial charge in [0.2, 0.25) is 0 Å². The summed E-state index contributed by atoms with van der Waals surface area (Å²) in [5, 5.41) is 22.6.